The molecule has 3 nitrogen and oxygen atoms in total. The van der Waals surface area contributed by atoms with Gasteiger partial charge in [0.15, 0.2) is 0 Å². The number of nitrogens with zero attached hydrogens (tertiary/aromatic N) is 1. The molecule has 0 amide bonds. The average molecular weight is 237 g/mol. The molecule has 0 aliphatic carbocycles. The Bertz CT molecular complexity index is 693. The molecule has 3 rings (SSSR count). The molecule has 0 saturated heterocycles. The summed E-state index contributed by atoms with van der Waals surface area (Å²) in [5.74, 6) is -0.00895. The Morgan fingerprint density at radius 2 is 1.89 bits per heavy atom. The summed E-state index contributed by atoms with van der Waals surface area (Å²) in [7, 11) is 0. The van der Waals surface area contributed by atoms with Gasteiger partial charge in [-0.15, -0.1) is 0 Å². The standard InChI is InChI=1S/C15H11NO2/c1-2-13-15(17)18-14(16-13)12-9-5-7-10-6-3-4-8-11(10)12/h2-9H,1H3/b13-2+. The predicted molar refractivity (Wildman–Crippen MR) is 70.3 cm³/mol. The Morgan fingerprint density at radius 1 is 1.11 bits per heavy atom. The van der Waals surface area contributed by atoms with Gasteiger partial charge in [0.2, 0.25) is 5.90 Å². The maximum Gasteiger partial charge on any atom is 0.363 e. The SMILES string of the molecule is C/C=C1/N=C(c2cccc3ccccc23)OC1=O. The Balaban J connectivity index is 2.19. The molecule has 1 heterocycles. The number of rotatable bonds is 1. The molecule has 3 heteroatoms. The average Bonchev–Trinajstić information content (AvgIpc) is 2.79. The predicted octanol–water partition coefficient (Wildman–Crippen LogP) is 3.05. The molecule has 2 aromatic rings. The second-order valence-electron chi connectivity index (χ2n) is 4.01. The molecule has 0 bridgehead atoms. The molecule has 0 fully saturated rings. The van der Waals surface area contributed by atoms with Gasteiger partial charge < -0.3 is 4.74 Å². The number of aliphatic imine (C=N–C) groups is 1. The number of carbonyl (C=O) groups is 1. The van der Waals surface area contributed by atoms with Crippen molar-refractivity contribution in [2.24, 2.45) is 4.99 Å². The molecule has 1 aliphatic rings. The first-order chi connectivity index (χ1) is 8.79. The molecule has 88 valence electrons. The van der Waals surface area contributed by atoms with Crippen LogP contribution in [0.4, 0.5) is 0 Å². The van der Waals surface area contributed by atoms with Gasteiger partial charge in [-0.3, -0.25) is 0 Å². The zero-order valence-corrected chi connectivity index (χ0v) is 9.88. The first kappa shape index (κ1) is 10.7. The van der Waals surface area contributed by atoms with Gasteiger partial charge in [-0.25, -0.2) is 9.79 Å². The second-order valence-corrected chi connectivity index (χ2v) is 4.01. The lowest BCUT2D eigenvalue weighted by Crippen LogP contribution is -2.05. The molecule has 0 atom stereocenters. The van der Waals surface area contributed by atoms with Crippen molar-refractivity contribution in [3.8, 4) is 0 Å². The molecular formula is C15H11NO2. The van der Waals surface area contributed by atoms with Gasteiger partial charge >= 0.3 is 5.97 Å². The van der Waals surface area contributed by atoms with Gasteiger partial charge in [0.1, 0.15) is 5.70 Å². The van der Waals surface area contributed by atoms with E-state index in [1.165, 1.54) is 0 Å². The molecule has 1 aliphatic heterocycles. The lowest BCUT2D eigenvalue weighted by Gasteiger charge is -2.04. The lowest BCUT2D eigenvalue weighted by molar-refractivity contribution is -0.130. The van der Waals surface area contributed by atoms with Crippen molar-refractivity contribution in [2.75, 3.05) is 0 Å². The van der Waals surface area contributed by atoms with Crippen LogP contribution in [0, 0.1) is 0 Å². The third kappa shape index (κ3) is 1.61. The van der Waals surface area contributed by atoms with Gasteiger partial charge in [-0.05, 0) is 23.8 Å². The highest BCUT2D eigenvalue weighted by Crippen LogP contribution is 2.23. The fourth-order valence-electron chi connectivity index (χ4n) is 2.03. The number of hydrogen-bond acceptors (Lipinski definition) is 3. The zero-order valence-electron chi connectivity index (χ0n) is 9.88. The van der Waals surface area contributed by atoms with E-state index >= 15 is 0 Å². The Morgan fingerprint density at radius 3 is 2.67 bits per heavy atom. The van der Waals surface area contributed by atoms with E-state index in [1.54, 1.807) is 13.0 Å². The minimum Gasteiger partial charge on any atom is -0.402 e. The van der Waals surface area contributed by atoms with E-state index in [0.717, 1.165) is 16.3 Å². The van der Waals surface area contributed by atoms with E-state index in [1.807, 2.05) is 42.5 Å². The number of fused-ring (bicyclic) bond motifs is 1. The lowest BCUT2D eigenvalue weighted by atomic mass is 10.0. The van der Waals surface area contributed by atoms with Crippen molar-refractivity contribution in [1.29, 1.82) is 0 Å². The maximum absolute atomic E-state index is 11.5. The minimum atomic E-state index is -0.388. The van der Waals surface area contributed by atoms with E-state index in [4.69, 9.17) is 4.74 Å². The first-order valence-electron chi connectivity index (χ1n) is 5.75. The smallest absolute Gasteiger partial charge is 0.363 e. The number of ether oxygens (including phenoxy) is 1. The summed E-state index contributed by atoms with van der Waals surface area (Å²) in [5.41, 5.74) is 1.20. The summed E-state index contributed by atoms with van der Waals surface area (Å²) in [4.78, 5) is 15.7. The van der Waals surface area contributed by atoms with Gasteiger partial charge in [-0.2, -0.15) is 0 Å². The van der Waals surface area contributed by atoms with Gasteiger partial charge in [0.25, 0.3) is 0 Å². The molecule has 18 heavy (non-hydrogen) atoms. The van der Waals surface area contributed by atoms with Crippen LogP contribution in [0.1, 0.15) is 12.5 Å². The third-order valence-corrected chi connectivity index (χ3v) is 2.91. The fraction of sp³-hybridized carbons (Fsp3) is 0.0667. The van der Waals surface area contributed by atoms with Crippen molar-refractivity contribution in [1.82, 2.24) is 0 Å². The van der Waals surface area contributed by atoms with Crippen molar-refractivity contribution >= 4 is 22.6 Å². The highest BCUT2D eigenvalue weighted by Gasteiger charge is 2.24. The molecule has 0 unspecified atom stereocenters. The summed E-state index contributed by atoms with van der Waals surface area (Å²) in [6.07, 6.45) is 1.65. The third-order valence-electron chi connectivity index (χ3n) is 2.91. The van der Waals surface area contributed by atoms with Crippen molar-refractivity contribution < 1.29 is 9.53 Å². The van der Waals surface area contributed by atoms with Crippen LogP contribution in [0.2, 0.25) is 0 Å². The zero-order chi connectivity index (χ0) is 12.5. The van der Waals surface area contributed by atoms with Crippen LogP contribution in [-0.2, 0) is 9.53 Å². The topological polar surface area (TPSA) is 38.7 Å². The van der Waals surface area contributed by atoms with Crippen molar-refractivity contribution in [3.05, 3.63) is 59.8 Å². The summed E-state index contributed by atoms with van der Waals surface area (Å²) in [5, 5.41) is 2.13. The van der Waals surface area contributed by atoms with E-state index in [-0.39, 0.29) is 5.97 Å². The number of hydrogen-bond donors (Lipinski definition) is 0. The first-order valence-corrected chi connectivity index (χ1v) is 5.75. The second kappa shape index (κ2) is 4.11. The van der Waals surface area contributed by atoms with Gasteiger partial charge in [-0.1, -0.05) is 42.5 Å². The molecule has 0 aromatic heterocycles. The largest absolute Gasteiger partial charge is 0.402 e. The van der Waals surface area contributed by atoms with Crippen LogP contribution in [0.15, 0.2) is 59.2 Å². The normalized spacial score (nSPS) is 17.1. The van der Waals surface area contributed by atoms with Gasteiger partial charge in [0.05, 0.1) is 0 Å². The number of allylic oxidation sites excluding steroid dienone is 1. The van der Waals surface area contributed by atoms with Crippen molar-refractivity contribution in [2.45, 2.75) is 6.92 Å². The minimum absolute atomic E-state index is 0.359. The molecular weight excluding hydrogens is 226 g/mol. The number of cyclic esters (lactones) is 1. The summed E-state index contributed by atoms with van der Waals surface area (Å²) < 4.78 is 5.20. The quantitative estimate of drug-likeness (QED) is 0.564. The van der Waals surface area contributed by atoms with E-state index in [2.05, 4.69) is 4.99 Å². The van der Waals surface area contributed by atoms with Crippen LogP contribution in [0.5, 0.6) is 0 Å². The van der Waals surface area contributed by atoms with E-state index < -0.39 is 0 Å². The Kier molecular flexibility index (Phi) is 2.45. The summed E-state index contributed by atoms with van der Waals surface area (Å²) in [6.45, 7) is 1.77. The highest BCUT2D eigenvalue weighted by atomic mass is 16.6. The van der Waals surface area contributed by atoms with Crippen LogP contribution >= 0.6 is 0 Å². The number of benzene rings is 2. The number of carbonyl (C=O) groups excluding carboxylic acids is 1. The summed E-state index contributed by atoms with van der Waals surface area (Å²) in [6, 6.07) is 13.8. The van der Waals surface area contributed by atoms with E-state index in [9.17, 15) is 4.79 Å². The highest BCUT2D eigenvalue weighted by molar-refractivity contribution is 6.16. The molecule has 0 N–H and O–H groups in total. The molecule has 0 radical (unpaired) electrons. The van der Waals surface area contributed by atoms with Crippen molar-refractivity contribution in [3.63, 3.8) is 0 Å². The number of esters is 1. The maximum atomic E-state index is 11.5. The molecule has 0 spiro atoms. The Hall–Kier alpha value is -2.42. The van der Waals surface area contributed by atoms with Crippen LogP contribution in [0.25, 0.3) is 10.8 Å². The van der Waals surface area contributed by atoms with Crippen LogP contribution in [-0.4, -0.2) is 11.9 Å². The van der Waals surface area contributed by atoms with Gasteiger partial charge in [0, 0.05) is 5.56 Å². The monoisotopic (exact) mass is 237 g/mol. The Labute approximate surface area is 104 Å². The van der Waals surface area contributed by atoms with E-state index in [0.29, 0.717) is 11.6 Å². The summed E-state index contributed by atoms with van der Waals surface area (Å²) >= 11 is 0. The van der Waals surface area contributed by atoms with Crippen LogP contribution < -0.4 is 0 Å². The van der Waals surface area contributed by atoms with Crippen LogP contribution in [0.3, 0.4) is 0 Å². The molecule has 0 saturated carbocycles. The molecule has 2 aromatic carbocycles. The fourth-order valence-corrected chi connectivity index (χ4v) is 2.03.